The van der Waals surface area contributed by atoms with E-state index in [1.807, 2.05) is 31.2 Å². The number of ketones is 1. The molecule has 0 aliphatic carbocycles. The van der Waals surface area contributed by atoms with Crippen molar-refractivity contribution in [2.75, 3.05) is 20.3 Å². The number of pyridine rings is 1. The lowest BCUT2D eigenvalue weighted by atomic mass is 10.0. The molecule has 0 unspecified atom stereocenters. The van der Waals surface area contributed by atoms with Crippen LogP contribution in [0.3, 0.4) is 0 Å². The minimum atomic E-state index is -0.111. The molecule has 0 bridgehead atoms. The second kappa shape index (κ2) is 7.55. The molecule has 0 aliphatic heterocycles. The van der Waals surface area contributed by atoms with Crippen LogP contribution in [0, 0.1) is 0 Å². The second-order valence-electron chi connectivity index (χ2n) is 4.53. The van der Waals surface area contributed by atoms with Gasteiger partial charge in [-0.05, 0) is 30.2 Å². The number of aromatic nitrogens is 1. The SMILES string of the molecule is CCc1cccnc1C(=O)c1ccccc1OCCOC. The predicted octanol–water partition coefficient (Wildman–Crippen LogP) is 2.90. The summed E-state index contributed by atoms with van der Waals surface area (Å²) in [5.74, 6) is 0.452. The molecule has 0 radical (unpaired) electrons. The second-order valence-corrected chi connectivity index (χ2v) is 4.53. The molecule has 2 rings (SSSR count). The number of para-hydroxylation sites is 1. The molecule has 4 nitrogen and oxygen atoms in total. The molecule has 0 aliphatic rings. The molecule has 4 heteroatoms. The van der Waals surface area contributed by atoms with Gasteiger partial charge in [-0.3, -0.25) is 9.78 Å². The number of carbonyl (C=O) groups is 1. The van der Waals surface area contributed by atoms with E-state index in [9.17, 15) is 4.79 Å². The molecular weight excluding hydrogens is 266 g/mol. The lowest BCUT2D eigenvalue weighted by molar-refractivity contribution is 0.102. The van der Waals surface area contributed by atoms with Crippen LogP contribution < -0.4 is 4.74 Å². The van der Waals surface area contributed by atoms with Gasteiger partial charge >= 0.3 is 0 Å². The van der Waals surface area contributed by atoms with Crippen molar-refractivity contribution < 1.29 is 14.3 Å². The zero-order valence-electron chi connectivity index (χ0n) is 12.3. The van der Waals surface area contributed by atoms with Crippen molar-refractivity contribution in [3.63, 3.8) is 0 Å². The van der Waals surface area contributed by atoms with E-state index < -0.39 is 0 Å². The first-order chi connectivity index (χ1) is 10.3. The van der Waals surface area contributed by atoms with Gasteiger partial charge in [0.1, 0.15) is 18.1 Å². The Hall–Kier alpha value is -2.20. The summed E-state index contributed by atoms with van der Waals surface area (Å²) in [6.07, 6.45) is 2.41. The van der Waals surface area contributed by atoms with Crippen molar-refractivity contribution >= 4 is 5.78 Å². The van der Waals surface area contributed by atoms with Gasteiger partial charge in [0.25, 0.3) is 0 Å². The number of hydrogen-bond donors (Lipinski definition) is 0. The van der Waals surface area contributed by atoms with E-state index in [2.05, 4.69) is 4.98 Å². The maximum Gasteiger partial charge on any atom is 0.215 e. The Labute approximate surface area is 124 Å². The van der Waals surface area contributed by atoms with Gasteiger partial charge in [0.2, 0.25) is 5.78 Å². The molecule has 1 heterocycles. The van der Waals surface area contributed by atoms with Crippen LogP contribution >= 0.6 is 0 Å². The normalized spacial score (nSPS) is 10.4. The van der Waals surface area contributed by atoms with Crippen molar-refractivity contribution in [2.24, 2.45) is 0 Å². The first kappa shape index (κ1) is 15.2. The number of methoxy groups -OCH3 is 1. The van der Waals surface area contributed by atoms with Gasteiger partial charge < -0.3 is 9.47 Å². The molecule has 0 N–H and O–H groups in total. The summed E-state index contributed by atoms with van der Waals surface area (Å²) < 4.78 is 10.6. The van der Waals surface area contributed by atoms with E-state index >= 15 is 0 Å². The number of hydrogen-bond acceptors (Lipinski definition) is 4. The topological polar surface area (TPSA) is 48.4 Å². The summed E-state index contributed by atoms with van der Waals surface area (Å²) in [5, 5.41) is 0. The number of nitrogens with zero attached hydrogens (tertiary/aromatic N) is 1. The molecule has 0 fully saturated rings. The van der Waals surface area contributed by atoms with E-state index in [4.69, 9.17) is 9.47 Å². The van der Waals surface area contributed by atoms with Crippen LogP contribution in [0.2, 0.25) is 0 Å². The van der Waals surface area contributed by atoms with E-state index in [-0.39, 0.29) is 5.78 Å². The summed E-state index contributed by atoms with van der Waals surface area (Å²) in [4.78, 5) is 16.9. The van der Waals surface area contributed by atoms with Crippen molar-refractivity contribution in [3.8, 4) is 5.75 Å². The van der Waals surface area contributed by atoms with Crippen molar-refractivity contribution in [1.82, 2.24) is 4.98 Å². The van der Waals surface area contributed by atoms with Crippen LogP contribution in [0.5, 0.6) is 5.75 Å². The average molecular weight is 285 g/mol. The van der Waals surface area contributed by atoms with Gasteiger partial charge in [-0.1, -0.05) is 25.1 Å². The van der Waals surface area contributed by atoms with Crippen LogP contribution in [-0.4, -0.2) is 31.1 Å². The highest BCUT2D eigenvalue weighted by Gasteiger charge is 2.18. The maximum atomic E-state index is 12.7. The van der Waals surface area contributed by atoms with Crippen LogP contribution in [0.1, 0.15) is 28.5 Å². The zero-order valence-corrected chi connectivity index (χ0v) is 12.3. The quantitative estimate of drug-likeness (QED) is 0.580. The highest BCUT2D eigenvalue weighted by atomic mass is 16.5. The van der Waals surface area contributed by atoms with Gasteiger partial charge in [0, 0.05) is 13.3 Å². The summed E-state index contributed by atoms with van der Waals surface area (Å²) in [6.45, 7) is 2.89. The zero-order chi connectivity index (χ0) is 15.1. The first-order valence-corrected chi connectivity index (χ1v) is 6.97. The minimum Gasteiger partial charge on any atom is -0.490 e. The lowest BCUT2D eigenvalue weighted by Gasteiger charge is -2.11. The molecule has 0 atom stereocenters. The van der Waals surface area contributed by atoms with Crippen molar-refractivity contribution in [3.05, 3.63) is 59.4 Å². The molecular formula is C17H19NO3. The Balaban J connectivity index is 2.30. The molecule has 1 aromatic heterocycles. The fraction of sp³-hybridized carbons (Fsp3) is 0.294. The summed E-state index contributed by atoms with van der Waals surface area (Å²) in [6, 6.07) is 11.0. The lowest BCUT2D eigenvalue weighted by Crippen LogP contribution is -2.11. The van der Waals surface area contributed by atoms with Gasteiger partial charge in [0.15, 0.2) is 0 Å². The Kier molecular flexibility index (Phi) is 5.46. The molecule has 0 amide bonds. The van der Waals surface area contributed by atoms with Crippen LogP contribution in [-0.2, 0) is 11.2 Å². The summed E-state index contributed by atoms with van der Waals surface area (Å²) in [7, 11) is 1.61. The smallest absolute Gasteiger partial charge is 0.215 e. The molecule has 0 spiro atoms. The number of aryl methyl sites for hydroxylation is 1. The number of ether oxygens (including phenoxy) is 2. The third kappa shape index (κ3) is 3.67. The Morgan fingerprint density at radius 3 is 2.71 bits per heavy atom. The highest BCUT2D eigenvalue weighted by Crippen LogP contribution is 2.22. The molecule has 2 aromatic rings. The monoisotopic (exact) mass is 285 g/mol. The average Bonchev–Trinajstić information content (AvgIpc) is 2.55. The molecule has 21 heavy (non-hydrogen) atoms. The number of benzene rings is 1. The largest absolute Gasteiger partial charge is 0.490 e. The minimum absolute atomic E-state index is 0.111. The van der Waals surface area contributed by atoms with Crippen LogP contribution in [0.25, 0.3) is 0 Å². The van der Waals surface area contributed by atoms with Crippen molar-refractivity contribution in [2.45, 2.75) is 13.3 Å². The Morgan fingerprint density at radius 2 is 1.95 bits per heavy atom. The van der Waals surface area contributed by atoms with Gasteiger partial charge in [-0.2, -0.15) is 0 Å². The Morgan fingerprint density at radius 1 is 1.14 bits per heavy atom. The van der Waals surface area contributed by atoms with Crippen molar-refractivity contribution in [1.29, 1.82) is 0 Å². The summed E-state index contributed by atoms with van der Waals surface area (Å²) in [5.41, 5.74) is 1.96. The van der Waals surface area contributed by atoms with E-state index in [1.165, 1.54) is 0 Å². The highest BCUT2D eigenvalue weighted by molar-refractivity contribution is 6.10. The van der Waals surface area contributed by atoms with Crippen LogP contribution in [0.15, 0.2) is 42.6 Å². The van der Waals surface area contributed by atoms with E-state index in [1.54, 1.807) is 25.4 Å². The number of rotatable bonds is 7. The van der Waals surface area contributed by atoms with Gasteiger partial charge in [-0.25, -0.2) is 0 Å². The molecule has 0 saturated heterocycles. The maximum absolute atomic E-state index is 12.7. The molecule has 0 saturated carbocycles. The van der Waals surface area contributed by atoms with E-state index in [0.717, 1.165) is 12.0 Å². The van der Waals surface area contributed by atoms with Gasteiger partial charge in [-0.15, -0.1) is 0 Å². The standard InChI is InChI=1S/C17H19NO3/c1-3-13-7-6-10-18-16(13)17(19)14-8-4-5-9-15(14)21-12-11-20-2/h4-10H,3,11-12H2,1-2H3. The molecule has 1 aromatic carbocycles. The van der Waals surface area contributed by atoms with Gasteiger partial charge in [0.05, 0.1) is 12.2 Å². The third-order valence-corrected chi connectivity index (χ3v) is 3.16. The van der Waals surface area contributed by atoms with Crippen LogP contribution in [0.4, 0.5) is 0 Å². The fourth-order valence-electron chi connectivity index (χ4n) is 2.07. The number of carbonyl (C=O) groups excluding carboxylic acids is 1. The fourth-order valence-corrected chi connectivity index (χ4v) is 2.07. The third-order valence-electron chi connectivity index (χ3n) is 3.16. The van der Waals surface area contributed by atoms with E-state index in [0.29, 0.717) is 30.2 Å². The predicted molar refractivity (Wildman–Crippen MR) is 80.9 cm³/mol. The first-order valence-electron chi connectivity index (χ1n) is 6.97. The Bertz CT molecular complexity index is 610. The molecule has 110 valence electrons. The summed E-state index contributed by atoms with van der Waals surface area (Å²) >= 11 is 0.